The molecule has 16 heteroatoms. The molecule has 234 valence electrons. The van der Waals surface area contributed by atoms with Gasteiger partial charge in [-0.25, -0.2) is 13.4 Å². The van der Waals surface area contributed by atoms with E-state index in [2.05, 4.69) is 41.1 Å². The number of nitrogens with one attached hydrogen (secondary N) is 2. The molecule has 0 aliphatic carbocycles. The highest BCUT2D eigenvalue weighted by Gasteiger charge is 2.42. The normalized spacial score (nSPS) is 17.8. The van der Waals surface area contributed by atoms with Crippen molar-refractivity contribution in [3.05, 3.63) is 70.2 Å². The second-order valence-corrected chi connectivity index (χ2v) is 14.1. The summed E-state index contributed by atoms with van der Waals surface area (Å²) in [5, 5.41) is 5.22. The largest absolute Gasteiger partial charge is 0.573 e. The number of imide groups is 1. The number of carbonyl (C=O) groups is 3. The second kappa shape index (κ2) is 11.5. The van der Waals surface area contributed by atoms with Crippen molar-refractivity contribution in [1.82, 2.24) is 19.9 Å². The summed E-state index contributed by atoms with van der Waals surface area (Å²) in [4.78, 5) is 43.4. The van der Waals surface area contributed by atoms with Crippen LogP contribution in [0.5, 0.6) is 5.75 Å². The maximum atomic E-state index is 13.7. The molecule has 11 nitrogen and oxygen atoms in total. The zero-order valence-corrected chi connectivity index (χ0v) is 25.4. The molecule has 1 saturated heterocycles. The number of aromatic nitrogens is 1. The van der Waals surface area contributed by atoms with Crippen LogP contribution in [0.15, 0.2) is 53.4 Å². The minimum atomic E-state index is -4.95. The predicted octanol–water partition coefficient (Wildman–Crippen LogP) is 3.42. The second-order valence-electron chi connectivity index (χ2n) is 11.2. The average molecular weight is 652 g/mol. The molecule has 0 spiro atoms. The molecule has 3 heterocycles. The zero-order chi connectivity index (χ0) is 32.0. The lowest BCUT2D eigenvalue weighted by Crippen LogP contribution is -2.60. The van der Waals surface area contributed by atoms with Crippen molar-refractivity contribution in [2.75, 3.05) is 24.5 Å². The first kappa shape index (κ1) is 31.4. The number of ether oxygens (including phenoxy) is 1. The molecule has 3 amide bonds. The lowest BCUT2D eigenvalue weighted by atomic mass is 9.87. The summed E-state index contributed by atoms with van der Waals surface area (Å²) >= 11 is 0.955. The van der Waals surface area contributed by atoms with E-state index in [9.17, 15) is 36.0 Å². The Bertz CT molecular complexity index is 1670. The van der Waals surface area contributed by atoms with Crippen LogP contribution in [-0.4, -0.2) is 67.5 Å². The summed E-state index contributed by atoms with van der Waals surface area (Å²) in [7, 11) is -4.37. The van der Waals surface area contributed by atoms with Gasteiger partial charge in [-0.15, -0.1) is 13.2 Å². The van der Waals surface area contributed by atoms with Crippen molar-refractivity contribution >= 4 is 44.2 Å². The van der Waals surface area contributed by atoms with Gasteiger partial charge in [-0.2, -0.15) is 4.31 Å². The fraction of sp³-hybridized carbons (Fsp3) is 0.357. The fourth-order valence-corrected chi connectivity index (χ4v) is 7.35. The van der Waals surface area contributed by atoms with E-state index >= 15 is 0 Å². The van der Waals surface area contributed by atoms with Crippen molar-refractivity contribution in [2.45, 2.75) is 50.0 Å². The van der Waals surface area contributed by atoms with Gasteiger partial charge in [0.1, 0.15) is 16.7 Å². The number of anilines is 1. The number of amides is 3. The highest BCUT2D eigenvalue weighted by molar-refractivity contribution is 7.89. The lowest BCUT2D eigenvalue weighted by Gasteiger charge is -2.39. The summed E-state index contributed by atoms with van der Waals surface area (Å²) in [6.45, 7) is 6.04. The van der Waals surface area contributed by atoms with Gasteiger partial charge < -0.3 is 15.0 Å². The Balaban J connectivity index is 1.40. The minimum absolute atomic E-state index is 0.0362. The zero-order valence-electron chi connectivity index (χ0n) is 23.8. The number of benzene rings is 2. The van der Waals surface area contributed by atoms with Crippen LogP contribution in [0.3, 0.4) is 0 Å². The van der Waals surface area contributed by atoms with Crippen molar-refractivity contribution < 1.29 is 40.7 Å². The Labute approximate surface area is 255 Å². The van der Waals surface area contributed by atoms with Crippen LogP contribution in [0.1, 0.15) is 52.1 Å². The van der Waals surface area contributed by atoms with Crippen molar-refractivity contribution in [2.24, 2.45) is 0 Å². The molecule has 0 bridgehead atoms. The molecule has 44 heavy (non-hydrogen) atoms. The number of rotatable bonds is 7. The van der Waals surface area contributed by atoms with Crippen molar-refractivity contribution in [1.29, 1.82) is 0 Å². The molecule has 2 aliphatic rings. The summed E-state index contributed by atoms with van der Waals surface area (Å²) in [5.41, 5.74) is 1.78. The van der Waals surface area contributed by atoms with E-state index in [-0.39, 0.29) is 52.2 Å². The summed E-state index contributed by atoms with van der Waals surface area (Å²) in [6, 6.07) is 10.1. The smallest absolute Gasteiger partial charge is 0.406 e. The van der Waals surface area contributed by atoms with Gasteiger partial charge in [-0.1, -0.05) is 56.4 Å². The van der Waals surface area contributed by atoms with Crippen LogP contribution < -0.4 is 20.3 Å². The van der Waals surface area contributed by atoms with Crippen LogP contribution in [0, 0.1) is 0 Å². The van der Waals surface area contributed by atoms with Crippen LogP contribution in [0.2, 0.25) is 0 Å². The molecular formula is C28H28F3N5O6S2. The van der Waals surface area contributed by atoms with E-state index in [0.29, 0.717) is 0 Å². The quantitative estimate of drug-likeness (QED) is 0.371. The Morgan fingerprint density at radius 1 is 1.05 bits per heavy atom. The molecule has 2 N–H and O–H groups in total. The number of hydrogen-bond acceptors (Lipinski definition) is 9. The lowest BCUT2D eigenvalue weighted by molar-refractivity contribution is -0.274. The predicted molar refractivity (Wildman–Crippen MR) is 154 cm³/mol. The number of carbonyl (C=O) groups excluding carboxylic acids is 3. The van der Waals surface area contributed by atoms with Crippen LogP contribution in [-0.2, 0) is 26.8 Å². The minimum Gasteiger partial charge on any atom is -0.406 e. The van der Waals surface area contributed by atoms with Gasteiger partial charge in [0.05, 0.1) is 4.90 Å². The first-order valence-corrected chi connectivity index (χ1v) is 15.6. The number of fused-ring (bicyclic) bond motifs is 1. The molecule has 3 aromatic rings. The summed E-state index contributed by atoms with van der Waals surface area (Å²) in [5.74, 6) is -2.44. The Morgan fingerprint density at radius 3 is 2.30 bits per heavy atom. The van der Waals surface area contributed by atoms with Gasteiger partial charge in [-0.05, 0) is 40.8 Å². The number of thiazole rings is 1. The molecule has 5 rings (SSSR count). The number of alkyl halides is 3. The number of halogens is 3. The Morgan fingerprint density at radius 2 is 1.70 bits per heavy atom. The van der Waals surface area contributed by atoms with Gasteiger partial charge >= 0.3 is 6.36 Å². The van der Waals surface area contributed by atoms with E-state index in [1.54, 1.807) is 4.90 Å². The first-order valence-electron chi connectivity index (χ1n) is 13.4. The van der Waals surface area contributed by atoms with Gasteiger partial charge in [0.25, 0.3) is 11.8 Å². The van der Waals surface area contributed by atoms with Crippen molar-refractivity contribution in [3.8, 4) is 5.75 Å². The maximum Gasteiger partial charge on any atom is 0.573 e. The molecule has 0 saturated carbocycles. The summed E-state index contributed by atoms with van der Waals surface area (Å²) < 4.78 is 70.0. The van der Waals surface area contributed by atoms with Gasteiger partial charge in [0, 0.05) is 26.2 Å². The third-order valence-electron chi connectivity index (χ3n) is 7.12. The SMILES string of the molecule is CC(C)(C)c1ccc(CNC(=O)[C@H]2CN(c3nc4c(s3)C(=O)NC4=O)CCN2S(=O)(=O)c2ccc(OC(F)(F)F)cc2)cc1. The maximum absolute atomic E-state index is 13.7. The van der Waals surface area contributed by atoms with E-state index < -0.39 is 45.9 Å². The highest BCUT2D eigenvalue weighted by atomic mass is 32.2. The van der Waals surface area contributed by atoms with Gasteiger partial charge in [0.2, 0.25) is 15.9 Å². The number of hydrogen-bond donors (Lipinski definition) is 2. The number of sulfonamides is 1. The number of piperazine rings is 1. The molecule has 1 atom stereocenters. The molecule has 0 radical (unpaired) electrons. The monoisotopic (exact) mass is 651 g/mol. The first-order chi connectivity index (χ1) is 20.5. The standard InChI is InChI=1S/C28H28F3N5O6S2/c1-27(2,3)17-6-4-16(5-7-17)14-32-23(37)20-15-35(26-33-21-22(43-26)25(39)34-24(21)38)12-13-36(20)44(40,41)19-10-8-18(9-11-19)42-28(29,30)31/h4-11,20H,12-15H2,1-3H3,(H,32,37)(H,34,38,39)/t20-/m1/s1. The van der Waals surface area contributed by atoms with Gasteiger partial charge in [0.15, 0.2) is 10.8 Å². The highest BCUT2D eigenvalue weighted by Crippen LogP contribution is 2.33. The third kappa shape index (κ3) is 6.56. The molecule has 1 fully saturated rings. The van der Waals surface area contributed by atoms with Crippen LogP contribution in [0.4, 0.5) is 18.3 Å². The molecular weight excluding hydrogens is 623 g/mol. The van der Waals surface area contributed by atoms with E-state index in [0.717, 1.165) is 51.0 Å². The third-order valence-corrected chi connectivity index (χ3v) is 10.2. The summed E-state index contributed by atoms with van der Waals surface area (Å²) in [6.07, 6.45) is -4.95. The fourth-order valence-electron chi connectivity index (χ4n) is 4.79. The molecule has 1 aromatic heterocycles. The number of nitrogens with zero attached hydrogens (tertiary/aromatic N) is 3. The average Bonchev–Trinajstić information content (AvgIpc) is 3.51. The molecule has 2 aliphatic heterocycles. The van der Waals surface area contributed by atoms with E-state index in [1.165, 1.54) is 0 Å². The van der Waals surface area contributed by atoms with E-state index in [1.807, 2.05) is 24.3 Å². The Kier molecular flexibility index (Phi) is 8.20. The topological polar surface area (TPSA) is 138 Å². The van der Waals surface area contributed by atoms with Crippen LogP contribution >= 0.6 is 11.3 Å². The van der Waals surface area contributed by atoms with Crippen LogP contribution in [0.25, 0.3) is 0 Å². The van der Waals surface area contributed by atoms with E-state index in [4.69, 9.17) is 0 Å². The Hall–Kier alpha value is -4.02. The molecule has 2 aromatic carbocycles. The molecule has 0 unspecified atom stereocenters. The van der Waals surface area contributed by atoms with Crippen molar-refractivity contribution in [3.63, 3.8) is 0 Å². The van der Waals surface area contributed by atoms with Gasteiger partial charge in [-0.3, -0.25) is 19.7 Å².